The number of aliphatic imine (C=N–C) groups is 1. The second-order valence-corrected chi connectivity index (χ2v) is 4.65. The molecule has 0 radical (unpaired) electrons. The average molecular weight is 278 g/mol. The second-order valence-electron chi connectivity index (χ2n) is 4.65. The Morgan fingerprint density at radius 2 is 1.90 bits per heavy atom. The molecule has 1 rings (SSSR count). The lowest BCUT2D eigenvalue weighted by Crippen LogP contribution is -2.36. The van der Waals surface area contributed by atoms with E-state index in [0.717, 1.165) is 24.5 Å². The molecular weight excluding hydrogens is 252 g/mol. The summed E-state index contributed by atoms with van der Waals surface area (Å²) in [5, 5.41) is 3.08. The highest BCUT2D eigenvalue weighted by atomic mass is 16.5. The number of nitrogens with two attached hydrogens (primary N) is 1. The van der Waals surface area contributed by atoms with E-state index in [4.69, 9.17) is 10.5 Å². The van der Waals surface area contributed by atoms with Crippen LogP contribution in [0.3, 0.4) is 0 Å². The Kier molecular flexibility index (Phi) is 6.87. The molecule has 3 N–H and O–H groups in total. The van der Waals surface area contributed by atoms with Crippen molar-refractivity contribution in [1.29, 1.82) is 0 Å². The number of hydrogen-bond donors (Lipinski definition) is 2. The minimum Gasteiger partial charge on any atom is -0.497 e. The first-order chi connectivity index (χ1) is 9.60. The van der Waals surface area contributed by atoms with Gasteiger partial charge in [0.25, 0.3) is 0 Å². The molecule has 0 saturated carbocycles. The molecule has 1 atom stereocenters. The molecule has 0 aliphatic rings. The van der Waals surface area contributed by atoms with Gasteiger partial charge in [0, 0.05) is 11.7 Å². The number of nitrogens with one attached hydrogen (secondary N) is 1. The Morgan fingerprint density at radius 3 is 2.40 bits per heavy atom. The molecule has 0 heterocycles. The van der Waals surface area contributed by atoms with Crippen LogP contribution in [0.5, 0.6) is 5.75 Å². The van der Waals surface area contributed by atoms with Crippen molar-refractivity contribution < 1.29 is 4.74 Å². The van der Waals surface area contributed by atoms with Gasteiger partial charge < -0.3 is 15.8 Å². The summed E-state index contributed by atoms with van der Waals surface area (Å²) < 4.78 is 5.11. The minimum absolute atomic E-state index is 0.390. The maximum Gasteiger partial charge on any atom is 0.193 e. The van der Waals surface area contributed by atoms with E-state index >= 15 is 0 Å². The molecule has 0 aromatic heterocycles. The van der Waals surface area contributed by atoms with E-state index in [0.29, 0.717) is 18.5 Å². The van der Waals surface area contributed by atoms with Crippen LogP contribution in [-0.2, 0) is 0 Å². The van der Waals surface area contributed by atoms with E-state index in [1.165, 1.54) is 0 Å². The molecule has 0 amide bonds. The number of likely N-dealkylation sites (N-methyl/N-ethyl adjacent to an activating group) is 1. The fourth-order valence-corrected chi connectivity index (χ4v) is 2.05. The van der Waals surface area contributed by atoms with Crippen molar-refractivity contribution in [2.45, 2.75) is 26.8 Å². The Morgan fingerprint density at radius 1 is 1.30 bits per heavy atom. The van der Waals surface area contributed by atoms with Crippen molar-refractivity contribution in [3.05, 3.63) is 24.3 Å². The third kappa shape index (κ3) is 5.09. The SMILES string of the molecule is CCN(CC)C(C)CN=C(N)Nc1ccc(OC)cc1. The molecule has 0 bridgehead atoms. The molecule has 1 unspecified atom stereocenters. The maximum absolute atomic E-state index is 5.90. The Bertz CT molecular complexity index is 412. The van der Waals surface area contributed by atoms with Gasteiger partial charge in [-0.3, -0.25) is 9.89 Å². The topological polar surface area (TPSA) is 62.9 Å². The summed E-state index contributed by atoms with van der Waals surface area (Å²) in [5.41, 5.74) is 6.80. The largest absolute Gasteiger partial charge is 0.497 e. The number of benzene rings is 1. The first-order valence-electron chi connectivity index (χ1n) is 7.05. The van der Waals surface area contributed by atoms with E-state index in [1.54, 1.807) is 7.11 Å². The molecule has 0 aliphatic carbocycles. The smallest absolute Gasteiger partial charge is 0.193 e. The molecule has 0 aliphatic heterocycles. The highest BCUT2D eigenvalue weighted by Crippen LogP contribution is 2.14. The molecule has 0 fully saturated rings. The number of nitrogens with zero attached hydrogens (tertiary/aromatic N) is 2. The lowest BCUT2D eigenvalue weighted by atomic mass is 10.3. The molecule has 5 heteroatoms. The fraction of sp³-hybridized carbons (Fsp3) is 0.533. The molecule has 1 aromatic carbocycles. The van der Waals surface area contributed by atoms with Crippen molar-refractivity contribution in [2.24, 2.45) is 10.7 Å². The van der Waals surface area contributed by atoms with Gasteiger partial charge in [0.1, 0.15) is 5.75 Å². The zero-order valence-corrected chi connectivity index (χ0v) is 12.9. The third-order valence-electron chi connectivity index (χ3n) is 3.32. The normalized spacial score (nSPS) is 13.3. The summed E-state index contributed by atoms with van der Waals surface area (Å²) in [6.07, 6.45) is 0. The highest BCUT2D eigenvalue weighted by molar-refractivity contribution is 5.92. The van der Waals surface area contributed by atoms with Crippen LogP contribution < -0.4 is 15.8 Å². The van der Waals surface area contributed by atoms with Crippen LogP contribution >= 0.6 is 0 Å². The monoisotopic (exact) mass is 278 g/mol. The Labute approximate surface area is 121 Å². The van der Waals surface area contributed by atoms with E-state index in [1.807, 2.05) is 24.3 Å². The van der Waals surface area contributed by atoms with Gasteiger partial charge in [-0.1, -0.05) is 13.8 Å². The van der Waals surface area contributed by atoms with Gasteiger partial charge in [-0.05, 0) is 44.3 Å². The van der Waals surface area contributed by atoms with Crippen molar-refractivity contribution in [1.82, 2.24) is 4.90 Å². The fourth-order valence-electron chi connectivity index (χ4n) is 2.05. The van der Waals surface area contributed by atoms with Crippen LogP contribution in [0.2, 0.25) is 0 Å². The van der Waals surface area contributed by atoms with Gasteiger partial charge >= 0.3 is 0 Å². The van der Waals surface area contributed by atoms with Crippen molar-refractivity contribution >= 4 is 11.6 Å². The summed E-state index contributed by atoms with van der Waals surface area (Å²) in [7, 11) is 1.65. The predicted molar refractivity (Wildman–Crippen MR) is 85.5 cm³/mol. The molecule has 1 aromatic rings. The van der Waals surface area contributed by atoms with Crippen LogP contribution in [0.15, 0.2) is 29.3 Å². The zero-order chi connectivity index (χ0) is 15.0. The van der Waals surface area contributed by atoms with E-state index in [9.17, 15) is 0 Å². The second kappa shape index (κ2) is 8.43. The van der Waals surface area contributed by atoms with Gasteiger partial charge in [0.2, 0.25) is 0 Å². The number of methoxy groups -OCH3 is 1. The molecule has 5 nitrogen and oxygen atoms in total. The zero-order valence-electron chi connectivity index (χ0n) is 12.9. The summed E-state index contributed by atoms with van der Waals surface area (Å²) in [5.74, 6) is 1.26. The van der Waals surface area contributed by atoms with Crippen molar-refractivity contribution in [2.75, 3.05) is 32.1 Å². The Balaban J connectivity index is 2.52. The number of hydrogen-bond acceptors (Lipinski definition) is 3. The van der Waals surface area contributed by atoms with E-state index < -0.39 is 0 Å². The van der Waals surface area contributed by atoms with Crippen molar-refractivity contribution in [3.63, 3.8) is 0 Å². The number of anilines is 1. The van der Waals surface area contributed by atoms with Crippen LogP contribution in [-0.4, -0.2) is 43.6 Å². The third-order valence-corrected chi connectivity index (χ3v) is 3.32. The van der Waals surface area contributed by atoms with Gasteiger partial charge in [0.15, 0.2) is 5.96 Å². The maximum atomic E-state index is 5.90. The quantitative estimate of drug-likeness (QED) is 0.592. The summed E-state index contributed by atoms with van der Waals surface area (Å²) >= 11 is 0. The first kappa shape index (κ1) is 16.3. The Hall–Kier alpha value is -1.75. The van der Waals surface area contributed by atoms with E-state index in [2.05, 4.69) is 36.0 Å². The highest BCUT2D eigenvalue weighted by Gasteiger charge is 2.08. The molecular formula is C15H26N4O. The van der Waals surface area contributed by atoms with Crippen LogP contribution in [0.4, 0.5) is 5.69 Å². The number of ether oxygens (including phenoxy) is 1. The summed E-state index contributed by atoms with van der Waals surface area (Å²) in [6.45, 7) is 9.22. The first-order valence-corrected chi connectivity index (χ1v) is 7.05. The predicted octanol–water partition coefficient (Wildman–Crippen LogP) is 2.15. The van der Waals surface area contributed by atoms with E-state index in [-0.39, 0.29) is 0 Å². The summed E-state index contributed by atoms with van der Waals surface area (Å²) in [6, 6.07) is 7.98. The van der Waals surface area contributed by atoms with Crippen LogP contribution in [0, 0.1) is 0 Å². The number of guanidine groups is 1. The van der Waals surface area contributed by atoms with Crippen LogP contribution in [0.25, 0.3) is 0 Å². The number of rotatable bonds is 7. The van der Waals surface area contributed by atoms with Gasteiger partial charge in [-0.15, -0.1) is 0 Å². The van der Waals surface area contributed by atoms with Gasteiger partial charge in [0.05, 0.1) is 13.7 Å². The standard InChI is InChI=1S/C15H26N4O/c1-5-19(6-2)12(3)11-17-15(16)18-13-7-9-14(20-4)10-8-13/h7-10,12H,5-6,11H2,1-4H3,(H3,16,17,18). The molecule has 0 spiro atoms. The lowest BCUT2D eigenvalue weighted by molar-refractivity contribution is 0.237. The van der Waals surface area contributed by atoms with Crippen molar-refractivity contribution in [3.8, 4) is 5.75 Å². The summed E-state index contributed by atoms with van der Waals surface area (Å²) in [4.78, 5) is 6.74. The van der Waals surface area contributed by atoms with Gasteiger partial charge in [-0.2, -0.15) is 0 Å². The van der Waals surface area contributed by atoms with Gasteiger partial charge in [-0.25, -0.2) is 0 Å². The van der Waals surface area contributed by atoms with Crippen LogP contribution in [0.1, 0.15) is 20.8 Å². The molecule has 20 heavy (non-hydrogen) atoms. The average Bonchev–Trinajstić information content (AvgIpc) is 2.47. The molecule has 0 saturated heterocycles. The lowest BCUT2D eigenvalue weighted by Gasteiger charge is -2.24. The molecule has 112 valence electrons. The minimum atomic E-state index is 0.390.